The summed E-state index contributed by atoms with van der Waals surface area (Å²) in [7, 11) is 0. The van der Waals surface area contributed by atoms with E-state index < -0.39 is 5.60 Å². The second-order valence-electron chi connectivity index (χ2n) is 6.54. The highest BCUT2D eigenvalue weighted by Gasteiger charge is 2.29. The van der Waals surface area contributed by atoms with Crippen molar-refractivity contribution in [3.05, 3.63) is 41.5 Å². The van der Waals surface area contributed by atoms with E-state index in [9.17, 15) is 9.90 Å². The molecule has 2 N–H and O–H groups in total. The van der Waals surface area contributed by atoms with Crippen LogP contribution in [0.3, 0.4) is 0 Å². The van der Waals surface area contributed by atoms with Crippen LogP contribution in [0.1, 0.15) is 50.2 Å². The number of benzene rings is 1. The Balaban J connectivity index is 1.75. The van der Waals surface area contributed by atoms with Crippen molar-refractivity contribution in [2.24, 2.45) is 0 Å². The molecule has 1 aromatic rings. The minimum absolute atomic E-state index is 0.0695. The van der Waals surface area contributed by atoms with Crippen LogP contribution < -0.4 is 5.32 Å². The standard InChI is InChI=1S/C19H27NO3/c1-15(2)17-8-6-16(7-9-17)4-3-5-18(21)20-14-19(22)10-12-23-13-11-19/h3-4,6-9,15,22H,5,10-14H2,1-2H3,(H,20,21)/b4-3+. The summed E-state index contributed by atoms with van der Waals surface area (Å²) in [5.74, 6) is 0.453. The van der Waals surface area contributed by atoms with Gasteiger partial charge in [-0.2, -0.15) is 0 Å². The van der Waals surface area contributed by atoms with E-state index in [-0.39, 0.29) is 5.91 Å². The molecule has 1 aliphatic heterocycles. The SMILES string of the molecule is CC(C)c1ccc(/C=C/CC(=O)NCC2(O)CCOCC2)cc1. The molecule has 0 atom stereocenters. The second kappa shape index (κ2) is 8.27. The van der Waals surface area contributed by atoms with Crippen molar-refractivity contribution in [3.63, 3.8) is 0 Å². The van der Waals surface area contributed by atoms with Crippen LogP contribution in [-0.2, 0) is 9.53 Å². The molecular weight excluding hydrogens is 290 g/mol. The first-order valence-electron chi connectivity index (χ1n) is 8.32. The van der Waals surface area contributed by atoms with Crippen LogP contribution in [0.2, 0.25) is 0 Å². The van der Waals surface area contributed by atoms with Crippen molar-refractivity contribution in [2.45, 2.75) is 44.6 Å². The van der Waals surface area contributed by atoms with Gasteiger partial charge < -0.3 is 15.2 Å². The molecule has 0 saturated carbocycles. The van der Waals surface area contributed by atoms with Crippen molar-refractivity contribution in [3.8, 4) is 0 Å². The number of aliphatic hydroxyl groups is 1. The van der Waals surface area contributed by atoms with Crippen molar-refractivity contribution >= 4 is 12.0 Å². The number of carbonyl (C=O) groups excluding carboxylic acids is 1. The van der Waals surface area contributed by atoms with Crippen molar-refractivity contribution in [2.75, 3.05) is 19.8 Å². The first-order valence-corrected chi connectivity index (χ1v) is 8.32. The number of nitrogens with one attached hydrogen (secondary N) is 1. The zero-order valence-electron chi connectivity index (χ0n) is 14.0. The molecule has 0 unspecified atom stereocenters. The van der Waals surface area contributed by atoms with Gasteiger partial charge in [-0.3, -0.25) is 4.79 Å². The monoisotopic (exact) mass is 317 g/mol. The van der Waals surface area contributed by atoms with E-state index in [1.807, 2.05) is 12.2 Å². The minimum atomic E-state index is -0.815. The third-order valence-corrected chi connectivity index (χ3v) is 4.25. The lowest BCUT2D eigenvalue weighted by molar-refractivity contribution is -0.123. The number of carbonyl (C=O) groups is 1. The van der Waals surface area contributed by atoms with Crippen LogP contribution in [0.4, 0.5) is 0 Å². The van der Waals surface area contributed by atoms with Gasteiger partial charge in [0.15, 0.2) is 0 Å². The quantitative estimate of drug-likeness (QED) is 0.848. The molecule has 126 valence electrons. The molecule has 1 aromatic carbocycles. The molecule has 23 heavy (non-hydrogen) atoms. The van der Waals surface area contributed by atoms with E-state index in [0.29, 0.717) is 44.9 Å². The van der Waals surface area contributed by atoms with Gasteiger partial charge in [-0.1, -0.05) is 50.3 Å². The molecule has 0 radical (unpaired) electrons. The van der Waals surface area contributed by atoms with Gasteiger partial charge in [-0.25, -0.2) is 0 Å². The third-order valence-electron chi connectivity index (χ3n) is 4.25. The van der Waals surface area contributed by atoms with Gasteiger partial charge in [-0.15, -0.1) is 0 Å². The Kier molecular flexibility index (Phi) is 6.37. The smallest absolute Gasteiger partial charge is 0.223 e. The fraction of sp³-hybridized carbons (Fsp3) is 0.526. The average molecular weight is 317 g/mol. The Morgan fingerprint density at radius 2 is 1.96 bits per heavy atom. The van der Waals surface area contributed by atoms with Crippen molar-refractivity contribution < 1.29 is 14.6 Å². The molecule has 0 aliphatic carbocycles. The lowest BCUT2D eigenvalue weighted by Gasteiger charge is -2.32. The Labute approximate surface area is 138 Å². The number of rotatable bonds is 6. The van der Waals surface area contributed by atoms with E-state index >= 15 is 0 Å². The van der Waals surface area contributed by atoms with Gasteiger partial charge in [0.1, 0.15) is 0 Å². The van der Waals surface area contributed by atoms with Gasteiger partial charge in [0.05, 0.1) is 5.60 Å². The van der Waals surface area contributed by atoms with Gasteiger partial charge in [0, 0.05) is 39.0 Å². The second-order valence-corrected chi connectivity index (χ2v) is 6.54. The zero-order chi connectivity index (χ0) is 16.7. The predicted octanol–water partition coefficient (Wildman–Crippen LogP) is 2.87. The molecule has 1 saturated heterocycles. The molecule has 4 nitrogen and oxygen atoms in total. The largest absolute Gasteiger partial charge is 0.388 e. The van der Waals surface area contributed by atoms with Crippen molar-refractivity contribution in [1.82, 2.24) is 5.32 Å². The summed E-state index contributed by atoms with van der Waals surface area (Å²) >= 11 is 0. The highest BCUT2D eigenvalue weighted by molar-refractivity contribution is 5.78. The fourth-order valence-electron chi connectivity index (χ4n) is 2.56. The number of amides is 1. The van der Waals surface area contributed by atoms with Crippen LogP contribution in [0.25, 0.3) is 6.08 Å². The van der Waals surface area contributed by atoms with E-state index in [1.165, 1.54) is 5.56 Å². The summed E-state index contributed by atoms with van der Waals surface area (Å²) in [5, 5.41) is 13.1. The average Bonchev–Trinajstić information content (AvgIpc) is 2.54. The molecule has 1 heterocycles. The molecule has 0 bridgehead atoms. The van der Waals surface area contributed by atoms with Gasteiger partial charge >= 0.3 is 0 Å². The van der Waals surface area contributed by atoms with E-state index in [4.69, 9.17) is 4.74 Å². The summed E-state index contributed by atoms with van der Waals surface area (Å²) in [4.78, 5) is 11.9. The normalized spacial score (nSPS) is 17.6. The minimum Gasteiger partial charge on any atom is -0.388 e. The van der Waals surface area contributed by atoms with Crippen LogP contribution in [0.5, 0.6) is 0 Å². The van der Waals surface area contributed by atoms with E-state index in [1.54, 1.807) is 0 Å². The summed E-state index contributed by atoms with van der Waals surface area (Å²) < 4.78 is 5.22. The Hall–Kier alpha value is -1.65. The molecule has 1 aliphatic rings. The Bertz CT molecular complexity index is 528. The zero-order valence-corrected chi connectivity index (χ0v) is 14.0. The molecule has 1 fully saturated rings. The first kappa shape index (κ1) is 17.7. The molecule has 0 aromatic heterocycles. The molecule has 2 rings (SSSR count). The maximum absolute atomic E-state index is 11.9. The Morgan fingerprint density at radius 3 is 2.57 bits per heavy atom. The number of hydrogen-bond acceptors (Lipinski definition) is 3. The van der Waals surface area contributed by atoms with Crippen LogP contribution in [0.15, 0.2) is 30.3 Å². The van der Waals surface area contributed by atoms with Crippen LogP contribution >= 0.6 is 0 Å². The van der Waals surface area contributed by atoms with Gasteiger partial charge in [0.2, 0.25) is 5.91 Å². The lowest BCUT2D eigenvalue weighted by atomic mass is 9.94. The summed E-state index contributed by atoms with van der Waals surface area (Å²) in [6.07, 6.45) is 5.27. The van der Waals surface area contributed by atoms with Gasteiger partial charge in [0.25, 0.3) is 0 Å². The predicted molar refractivity (Wildman–Crippen MR) is 92.2 cm³/mol. The molecule has 0 spiro atoms. The molecule has 4 heteroatoms. The highest BCUT2D eigenvalue weighted by Crippen LogP contribution is 2.19. The number of hydrogen-bond donors (Lipinski definition) is 2. The molecule has 1 amide bonds. The first-order chi connectivity index (χ1) is 11.0. The maximum atomic E-state index is 11.9. The van der Waals surface area contributed by atoms with Gasteiger partial charge in [-0.05, 0) is 17.0 Å². The van der Waals surface area contributed by atoms with E-state index in [0.717, 1.165) is 5.56 Å². The Morgan fingerprint density at radius 1 is 1.30 bits per heavy atom. The summed E-state index contributed by atoms with van der Waals surface area (Å²) in [5.41, 5.74) is 1.58. The maximum Gasteiger partial charge on any atom is 0.223 e. The number of ether oxygens (including phenoxy) is 1. The van der Waals surface area contributed by atoms with Crippen LogP contribution in [0, 0.1) is 0 Å². The highest BCUT2D eigenvalue weighted by atomic mass is 16.5. The third kappa shape index (κ3) is 5.81. The summed E-state index contributed by atoms with van der Waals surface area (Å²) in [6, 6.07) is 8.36. The fourth-order valence-corrected chi connectivity index (χ4v) is 2.56. The van der Waals surface area contributed by atoms with Crippen molar-refractivity contribution in [1.29, 1.82) is 0 Å². The van der Waals surface area contributed by atoms with Crippen LogP contribution in [-0.4, -0.2) is 36.4 Å². The van der Waals surface area contributed by atoms with E-state index in [2.05, 4.69) is 43.4 Å². The lowest BCUT2D eigenvalue weighted by Crippen LogP contribution is -2.46. The topological polar surface area (TPSA) is 58.6 Å². The summed E-state index contributed by atoms with van der Waals surface area (Å²) in [6.45, 7) is 5.74. The molecular formula is C19H27NO3.